The van der Waals surface area contributed by atoms with Gasteiger partial charge in [-0.25, -0.2) is 9.97 Å². The summed E-state index contributed by atoms with van der Waals surface area (Å²) in [6.45, 7) is 0.842. The lowest BCUT2D eigenvalue weighted by atomic mass is 10.1. The Morgan fingerprint density at radius 2 is 2.00 bits per heavy atom. The van der Waals surface area contributed by atoms with Crippen molar-refractivity contribution in [3.05, 3.63) is 44.9 Å². The van der Waals surface area contributed by atoms with Crippen molar-refractivity contribution in [1.82, 2.24) is 9.97 Å². The number of nitrogens with zero attached hydrogens (tertiary/aromatic N) is 2. The third-order valence-electron chi connectivity index (χ3n) is 3.59. The van der Waals surface area contributed by atoms with E-state index in [-0.39, 0.29) is 6.10 Å². The van der Waals surface area contributed by atoms with E-state index < -0.39 is 0 Å². The molecule has 3 nitrogen and oxygen atoms in total. The van der Waals surface area contributed by atoms with Crippen LogP contribution in [0.4, 0.5) is 0 Å². The summed E-state index contributed by atoms with van der Waals surface area (Å²) in [7, 11) is 0. The van der Waals surface area contributed by atoms with Crippen molar-refractivity contribution in [2.75, 3.05) is 6.61 Å². The fraction of sp³-hybridized carbons (Fsp3) is 0.375. The number of ether oxygens (including phenoxy) is 1. The SMILES string of the molecule is Clc1nc(CC2CCCCO2)nc(-c2ccccc2)c1I. The lowest BCUT2D eigenvalue weighted by molar-refractivity contribution is 0.0156. The second kappa shape index (κ2) is 7.03. The second-order valence-corrected chi connectivity index (χ2v) is 6.59. The molecular formula is C16H16ClIN2O. The Morgan fingerprint density at radius 1 is 1.19 bits per heavy atom. The summed E-state index contributed by atoms with van der Waals surface area (Å²) in [5, 5.41) is 0.523. The Morgan fingerprint density at radius 3 is 2.71 bits per heavy atom. The lowest BCUT2D eigenvalue weighted by Gasteiger charge is -2.22. The van der Waals surface area contributed by atoms with Crippen molar-refractivity contribution in [2.45, 2.75) is 31.8 Å². The largest absolute Gasteiger partial charge is 0.378 e. The molecule has 0 radical (unpaired) electrons. The molecule has 2 aromatic rings. The maximum absolute atomic E-state index is 6.29. The van der Waals surface area contributed by atoms with Gasteiger partial charge in [0.1, 0.15) is 11.0 Å². The highest BCUT2D eigenvalue weighted by atomic mass is 127. The Kier molecular flexibility index (Phi) is 5.08. The van der Waals surface area contributed by atoms with Crippen molar-refractivity contribution in [3.8, 4) is 11.3 Å². The van der Waals surface area contributed by atoms with E-state index in [1.54, 1.807) is 0 Å². The van der Waals surface area contributed by atoms with Gasteiger partial charge in [-0.2, -0.15) is 0 Å². The number of rotatable bonds is 3. The first-order valence-corrected chi connectivity index (χ1v) is 8.58. The normalized spacial score (nSPS) is 18.7. The molecule has 5 heteroatoms. The van der Waals surface area contributed by atoms with Gasteiger partial charge >= 0.3 is 0 Å². The standard InChI is InChI=1S/C16H16ClIN2O/c17-16-14(18)15(11-6-2-1-3-7-11)19-13(20-16)10-12-8-4-5-9-21-12/h1-3,6-7,12H,4-5,8-10H2. The molecule has 1 aliphatic rings. The zero-order valence-electron chi connectivity index (χ0n) is 11.6. The summed E-state index contributed by atoms with van der Waals surface area (Å²) in [4.78, 5) is 9.13. The third kappa shape index (κ3) is 3.73. The highest BCUT2D eigenvalue weighted by Crippen LogP contribution is 2.28. The van der Waals surface area contributed by atoms with Gasteiger partial charge in [0, 0.05) is 18.6 Å². The quantitative estimate of drug-likeness (QED) is 0.547. The average molecular weight is 415 g/mol. The number of hydrogen-bond acceptors (Lipinski definition) is 3. The molecule has 1 aromatic heterocycles. The van der Waals surface area contributed by atoms with Crippen LogP contribution in [0.5, 0.6) is 0 Å². The van der Waals surface area contributed by atoms with E-state index in [0.717, 1.165) is 46.5 Å². The van der Waals surface area contributed by atoms with Crippen molar-refractivity contribution < 1.29 is 4.74 Å². The monoisotopic (exact) mass is 414 g/mol. The van der Waals surface area contributed by atoms with Gasteiger partial charge in [-0.3, -0.25) is 0 Å². The molecule has 2 heterocycles. The number of aromatic nitrogens is 2. The Hall–Kier alpha value is -0.720. The first kappa shape index (κ1) is 15.2. The van der Waals surface area contributed by atoms with Gasteiger partial charge in [-0.05, 0) is 41.9 Å². The first-order chi connectivity index (χ1) is 10.2. The van der Waals surface area contributed by atoms with Crippen LogP contribution in [0.3, 0.4) is 0 Å². The topological polar surface area (TPSA) is 35.0 Å². The summed E-state index contributed by atoms with van der Waals surface area (Å²) in [5.41, 5.74) is 1.97. The Labute approximate surface area is 143 Å². The van der Waals surface area contributed by atoms with Gasteiger partial charge in [-0.15, -0.1) is 0 Å². The van der Waals surface area contributed by atoms with Crippen LogP contribution < -0.4 is 0 Å². The molecular weight excluding hydrogens is 399 g/mol. The van der Waals surface area contributed by atoms with Crippen molar-refractivity contribution >= 4 is 34.2 Å². The van der Waals surface area contributed by atoms with Gasteiger partial charge in [-0.1, -0.05) is 41.9 Å². The summed E-state index contributed by atoms with van der Waals surface area (Å²) in [5.74, 6) is 0.770. The van der Waals surface area contributed by atoms with Crippen molar-refractivity contribution in [3.63, 3.8) is 0 Å². The van der Waals surface area contributed by atoms with Crippen LogP contribution in [-0.4, -0.2) is 22.7 Å². The lowest BCUT2D eigenvalue weighted by Crippen LogP contribution is -2.22. The Balaban J connectivity index is 1.90. The van der Waals surface area contributed by atoms with Crippen LogP contribution in [0.2, 0.25) is 5.15 Å². The summed E-state index contributed by atoms with van der Waals surface area (Å²) in [6.07, 6.45) is 4.40. The predicted octanol–water partition coefficient (Wildman–Crippen LogP) is 4.51. The summed E-state index contributed by atoms with van der Waals surface area (Å²) in [6, 6.07) is 10.1. The van der Waals surface area contributed by atoms with Gasteiger partial charge in [0.05, 0.1) is 15.4 Å². The van der Waals surface area contributed by atoms with Gasteiger partial charge < -0.3 is 4.74 Å². The van der Waals surface area contributed by atoms with E-state index >= 15 is 0 Å². The van der Waals surface area contributed by atoms with Crippen LogP contribution in [0, 0.1) is 3.57 Å². The van der Waals surface area contributed by atoms with Crippen LogP contribution in [0.25, 0.3) is 11.3 Å². The second-order valence-electron chi connectivity index (χ2n) is 5.15. The van der Waals surface area contributed by atoms with E-state index in [4.69, 9.17) is 21.3 Å². The molecule has 1 atom stereocenters. The molecule has 1 fully saturated rings. The highest BCUT2D eigenvalue weighted by molar-refractivity contribution is 14.1. The maximum atomic E-state index is 6.29. The zero-order chi connectivity index (χ0) is 14.7. The molecule has 0 bridgehead atoms. The minimum absolute atomic E-state index is 0.221. The van der Waals surface area contributed by atoms with Gasteiger partial charge in [0.25, 0.3) is 0 Å². The third-order valence-corrected chi connectivity index (χ3v) is 5.20. The van der Waals surface area contributed by atoms with Crippen LogP contribution >= 0.6 is 34.2 Å². The molecule has 0 saturated carbocycles. The minimum Gasteiger partial charge on any atom is -0.378 e. The highest BCUT2D eigenvalue weighted by Gasteiger charge is 2.18. The average Bonchev–Trinajstić information content (AvgIpc) is 2.52. The summed E-state index contributed by atoms with van der Waals surface area (Å²) < 4.78 is 6.67. The Bertz CT molecular complexity index is 615. The fourth-order valence-corrected chi connectivity index (χ4v) is 3.25. The van der Waals surface area contributed by atoms with Gasteiger partial charge in [0.2, 0.25) is 0 Å². The fourth-order valence-electron chi connectivity index (χ4n) is 2.51. The molecule has 0 aliphatic carbocycles. The molecule has 1 aromatic carbocycles. The number of halogens is 2. The maximum Gasteiger partial charge on any atom is 0.146 e. The van der Waals surface area contributed by atoms with Crippen molar-refractivity contribution in [1.29, 1.82) is 0 Å². The molecule has 3 rings (SSSR count). The number of hydrogen-bond donors (Lipinski definition) is 0. The van der Waals surface area contributed by atoms with E-state index in [1.165, 1.54) is 6.42 Å². The predicted molar refractivity (Wildman–Crippen MR) is 92.5 cm³/mol. The number of benzene rings is 1. The molecule has 1 unspecified atom stereocenters. The summed E-state index contributed by atoms with van der Waals surface area (Å²) >= 11 is 8.49. The van der Waals surface area contributed by atoms with E-state index in [9.17, 15) is 0 Å². The van der Waals surface area contributed by atoms with E-state index in [1.807, 2.05) is 30.3 Å². The van der Waals surface area contributed by atoms with E-state index in [0.29, 0.717) is 5.15 Å². The van der Waals surface area contributed by atoms with Crippen LogP contribution in [0.15, 0.2) is 30.3 Å². The van der Waals surface area contributed by atoms with Crippen LogP contribution in [0.1, 0.15) is 25.1 Å². The molecule has 21 heavy (non-hydrogen) atoms. The van der Waals surface area contributed by atoms with Gasteiger partial charge in [0.15, 0.2) is 0 Å². The molecule has 0 amide bonds. The molecule has 0 spiro atoms. The van der Waals surface area contributed by atoms with Crippen molar-refractivity contribution in [2.24, 2.45) is 0 Å². The first-order valence-electron chi connectivity index (χ1n) is 7.13. The molecule has 110 valence electrons. The molecule has 0 N–H and O–H groups in total. The molecule has 1 saturated heterocycles. The van der Waals surface area contributed by atoms with E-state index in [2.05, 4.69) is 27.6 Å². The smallest absolute Gasteiger partial charge is 0.146 e. The molecule has 1 aliphatic heterocycles. The zero-order valence-corrected chi connectivity index (χ0v) is 14.5. The minimum atomic E-state index is 0.221. The van der Waals surface area contributed by atoms with Crippen LogP contribution in [-0.2, 0) is 11.2 Å².